The lowest BCUT2D eigenvalue weighted by molar-refractivity contribution is 0.0897. The lowest BCUT2D eigenvalue weighted by Gasteiger charge is -2.26. The first kappa shape index (κ1) is 13.1. The van der Waals surface area contributed by atoms with Crippen LogP contribution < -0.4 is 11.1 Å². The number of halogens is 1. The van der Waals surface area contributed by atoms with E-state index in [2.05, 4.69) is 5.32 Å². The van der Waals surface area contributed by atoms with Crippen molar-refractivity contribution in [2.45, 2.75) is 37.8 Å². The number of furan rings is 1. The molecule has 90 valence electrons. The Morgan fingerprint density at radius 1 is 1.38 bits per heavy atom. The molecule has 5 heteroatoms. The maximum Gasteiger partial charge on any atom is 0.287 e. The Balaban J connectivity index is 0.00000128. The molecule has 1 heterocycles. The number of carbonyl (C=O) groups is 1. The summed E-state index contributed by atoms with van der Waals surface area (Å²) in [6.45, 7) is 0. The third-order valence-corrected chi connectivity index (χ3v) is 2.85. The highest BCUT2D eigenvalue weighted by atomic mass is 35.5. The second-order valence-electron chi connectivity index (χ2n) is 4.06. The standard InChI is InChI=1S/C11H16N2O2.ClH/c12-8-3-5-9(6-4-8)13-11(14)10-2-1-7-15-10;/h1-2,7-9H,3-6,12H2,(H,13,14);1H. The predicted molar refractivity (Wildman–Crippen MR) is 63.7 cm³/mol. The molecule has 1 saturated carbocycles. The molecule has 0 unspecified atom stereocenters. The molecule has 3 N–H and O–H groups in total. The van der Waals surface area contributed by atoms with Crippen molar-refractivity contribution in [3.63, 3.8) is 0 Å². The van der Waals surface area contributed by atoms with Crippen LogP contribution >= 0.6 is 12.4 Å². The van der Waals surface area contributed by atoms with Gasteiger partial charge in [0.05, 0.1) is 6.26 Å². The van der Waals surface area contributed by atoms with Gasteiger partial charge < -0.3 is 15.5 Å². The van der Waals surface area contributed by atoms with Gasteiger partial charge in [-0.1, -0.05) is 0 Å². The Labute approximate surface area is 101 Å². The molecule has 0 aromatic carbocycles. The minimum atomic E-state index is -0.125. The predicted octanol–water partition coefficient (Wildman–Crippen LogP) is 1.70. The third kappa shape index (κ3) is 3.25. The lowest BCUT2D eigenvalue weighted by atomic mass is 9.92. The fourth-order valence-corrected chi connectivity index (χ4v) is 1.93. The van der Waals surface area contributed by atoms with E-state index in [9.17, 15) is 4.79 Å². The van der Waals surface area contributed by atoms with Gasteiger partial charge in [0.25, 0.3) is 5.91 Å². The number of carbonyl (C=O) groups excluding carboxylic acids is 1. The summed E-state index contributed by atoms with van der Waals surface area (Å²) in [4.78, 5) is 11.6. The van der Waals surface area contributed by atoms with Gasteiger partial charge in [0.15, 0.2) is 5.76 Å². The molecule has 0 atom stereocenters. The average molecular weight is 245 g/mol. The van der Waals surface area contributed by atoms with Crippen molar-refractivity contribution in [1.82, 2.24) is 5.32 Å². The summed E-state index contributed by atoms with van der Waals surface area (Å²) in [6, 6.07) is 3.94. The molecule has 1 aromatic rings. The zero-order valence-corrected chi connectivity index (χ0v) is 9.83. The first-order valence-corrected chi connectivity index (χ1v) is 5.35. The maximum absolute atomic E-state index is 11.6. The van der Waals surface area contributed by atoms with Crippen LogP contribution in [0.3, 0.4) is 0 Å². The van der Waals surface area contributed by atoms with Crippen LogP contribution in [0.5, 0.6) is 0 Å². The number of nitrogens with two attached hydrogens (primary N) is 1. The smallest absolute Gasteiger partial charge is 0.287 e. The molecule has 0 saturated heterocycles. The van der Waals surface area contributed by atoms with Crippen LogP contribution in [-0.2, 0) is 0 Å². The van der Waals surface area contributed by atoms with Crippen molar-refractivity contribution in [2.75, 3.05) is 0 Å². The lowest BCUT2D eigenvalue weighted by Crippen LogP contribution is -2.40. The highest BCUT2D eigenvalue weighted by Gasteiger charge is 2.21. The Kier molecular flexibility index (Phi) is 4.83. The van der Waals surface area contributed by atoms with E-state index in [1.165, 1.54) is 6.26 Å². The minimum Gasteiger partial charge on any atom is -0.459 e. The summed E-state index contributed by atoms with van der Waals surface area (Å²) in [7, 11) is 0. The number of hydrogen-bond acceptors (Lipinski definition) is 3. The fourth-order valence-electron chi connectivity index (χ4n) is 1.93. The van der Waals surface area contributed by atoms with E-state index < -0.39 is 0 Å². The molecule has 2 rings (SSSR count). The molecule has 1 fully saturated rings. The molecule has 4 nitrogen and oxygen atoms in total. The molecular formula is C11H17ClN2O2. The molecule has 1 aliphatic rings. The molecule has 1 aliphatic carbocycles. The molecule has 0 radical (unpaired) electrons. The number of rotatable bonds is 2. The number of nitrogens with one attached hydrogen (secondary N) is 1. The van der Waals surface area contributed by atoms with Gasteiger partial charge in [0.2, 0.25) is 0 Å². The van der Waals surface area contributed by atoms with Crippen molar-refractivity contribution in [1.29, 1.82) is 0 Å². The second-order valence-corrected chi connectivity index (χ2v) is 4.06. The van der Waals surface area contributed by atoms with Crippen molar-refractivity contribution in [2.24, 2.45) is 5.73 Å². The van der Waals surface area contributed by atoms with Crippen LogP contribution in [0, 0.1) is 0 Å². The first-order valence-electron chi connectivity index (χ1n) is 5.35. The van der Waals surface area contributed by atoms with Gasteiger partial charge in [-0.05, 0) is 37.8 Å². The fraction of sp³-hybridized carbons (Fsp3) is 0.545. The number of hydrogen-bond donors (Lipinski definition) is 2. The van der Waals surface area contributed by atoms with Gasteiger partial charge in [-0.3, -0.25) is 4.79 Å². The van der Waals surface area contributed by atoms with Crippen LogP contribution in [-0.4, -0.2) is 18.0 Å². The summed E-state index contributed by atoms with van der Waals surface area (Å²) < 4.78 is 5.02. The summed E-state index contributed by atoms with van der Waals surface area (Å²) in [5, 5.41) is 2.95. The average Bonchev–Trinajstić information content (AvgIpc) is 2.74. The van der Waals surface area contributed by atoms with Gasteiger partial charge in [0, 0.05) is 12.1 Å². The van der Waals surface area contributed by atoms with Crippen molar-refractivity contribution >= 4 is 18.3 Å². The van der Waals surface area contributed by atoms with Crippen LogP contribution in [0.2, 0.25) is 0 Å². The van der Waals surface area contributed by atoms with E-state index in [0.29, 0.717) is 11.8 Å². The van der Waals surface area contributed by atoms with Crippen molar-refractivity contribution in [3.05, 3.63) is 24.2 Å². The third-order valence-electron chi connectivity index (χ3n) is 2.85. The molecule has 16 heavy (non-hydrogen) atoms. The zero-order valence-electron chi connectivity index (χ0n) is 9.02. The van der Waals surface area contributed by atoms with Gasteiger partial charge >= 0.3 is 0 Å². The van der Waals surface area contributed by atoms with Gasteiger partial charge in [0.1, 0.15) is 0 Å². The van der Waals surface area contributed by atoms with E-state index in [-0.39, 0.29) is 24.4 Å². The topological polar surface area (TPSA) is 68.3 Å². The van der Waals surface area contributed by atoms with E-state index in [1.807, 2.05) is 0 Å². The molecule has 1 aromatic heterocycles. The largest absolute Gasteiger partial charge is 0.459 e. The van der Waals surface area contributed by atoms with Gasteiger partial charge in [-0.15, -0.1) is 12.4 Å². The number of amides is 1. The zero-order chi connectivity index (χ0) is 10.7. The van der Waals surface area contributed by atoms with Gasteiger partial charge in [-0.25, -0.2) is 0 Å². The quantitative estimate of drug-likeness (QED) is 0.832. The summed E-state index contributed by atoms with van der Waals surface area (Å²) in [6.07, 6.45) is 5.42. The van der Waals surface area contributed by atoms with Crippen molar-refractivity contribution < 1.29 is 9.21 Å². The van der Waals surface area contributed by atoms with Crippen LogP contribution in [0.1, 0.15) is 36.2 Å². The van der Waals surface area contributed by atoms with Crippen molar-refractivity contribution in [3.8, 4) is 0 Å². The summed E-state index contributed by atoms with van der Waals surface area (Å²) in [5.74, 6) is 0.255. The summed E-state index contributed by atoms with van der Waals surface area (Å²) >= 11 is 0. The van der Waals surface area contributed by atoms with Crippen LogP contribution in [0.15, 0.2) is 22.8 Å². The first-order chi connectivity index (χ1) is 7.25. The maximum atomic E-state index is 11.6. The normalized spacial score (nSPS) is 24.6. The highest BCUT2D eigenvalue weighted by molar-refractivity contribution is 5.91. The SMILES string of the molecule is Cl.NC1CCC(NC(=O)c2ccco2)CC1. The molecule has 0 spiro atoms. The molecular weight excluding hydrogens is 228 g/mol. The highest BCUT2D eigenvalue weighted by Crippen LogP contribution is 2.17. The van der Waals surface area contributed by atoms with Crippen LogP contribution in [0.25, 0.3) is 0 Å². The Morgan fingerprint density at radius 2 is 2.06 bits per heavy atom. The Bertz CT molecular complexity index is 319. The van der Waals surface area contributed by atoms with E-state index >= 15 is 0 Å². The van der Waals surface area contributed by atoms with Crippen LogP contribution in [0.4, 0.5) is 0 Å². The Hall–Kier alpha value is -1.00. The molecule has 1 amide bonds. The van der Waals surface area contributed by atoms with E-state index in [1.54, 1.807) is 12.1 Å². The van der Waals surface area contributed by atoms with E-state index in [0.717, 1.165) is 25.7 Å². The Morgan fingerprint density at radius 3 is 2.62 bits per heavy atom. The van der Waals surface area contributed by atoms with Gasteiger partial charge in [-0.2, -0.15) is 0 Å². The molecule has 0 bridgehead atoms. The van der Waals surface area contributed by atoms with E-state index in [4.69, 9.17) is 10.2 Å². The molecule has 0 aliphatic heterocycles. The summed E-state index contributed by atoms with van der Waals surface area (Å²) in [5.41, 5.74) is 5.79. The minimum absolute atomic E-state index is 0. The second kappa shape index (κ2) is 5.92. The monoisotopic (exact) mass is 244 g/mol.